The number of hydrogen-bond donors (Lipinski definition) is 0. The number of carbonyl (C=O) groups is 1. The van der Waals surface area contributed by atoms with E-state index in [1.54, 1.807) is 12.3 Å². The summed E-state index contributed by atoms with van der Waals surface area (Å²) in [6.07, 6.45) is 2.41. The fourth-order valence-corrected chi connectivity index (χ4v) is 1.60. The van der Waals surface area contributed by atoms with Gasteiger partial charge in [0.15, 0.2) is 0 Å². The second-order valence-electron chi connectivity index (χ2n) is 4.22. The lowest BCUT2D eigenvalue weighted by Crippen LogP contribution is -2.24. The van der Waals surface area contributed by atoms with Crippen molar-refractivity contribution in [2.75, 3.05) is 6.61 Å². The van der Waals surface area contributed by atoms with Gasteiger partial charge in [-0.15, -0.1) is 0 Å². The molecule has 0 aliphatic carbocycles. The number of aromatic nitrogens is 1. The van der Waals surface area contributed by atoms with Gasteiger partial charge in [0.1, 0.15) is 6.54 Å². The van der Waals surface area contributed by atoms with Gasteiger partial charge in [0.2, 0.25) is 0 Å². The Morgan fingerprint density at radius 2 is 2.18 bits per heavy atom. The lowest BCUT2D eigenvalue weighted by molar-refractivity contribution is -0.144. The number of nitrogens with zero attached hydrogens (tertiary/aromatic N) is 1. The van der Waals surface area contributed by atoms with Crippen molar-refractivity contribution in [1.29, 1.82) is 0 Å². The van der Waals surface area contributed by atoms with Crippen LogP contribution in [0.2, 0.25) is 0 Å². The van der Waals surface area contributed by atoms with Crippen LogP contribution in [-0.4, -0.2) is 17.1 Å². The fraction of sp³-hybridized carbons (Fsp3) is 0.500. The maximum Gasteiger partial charge on any atom is 0.326 e. The highest BCUT2D eigenvalue weighted by atomic mass is 79.9. The molecular weight excluding hydrogens is 286 g/mol. The first-order chi connectivity index (χ1) is 7.99. The highest BCUT2D eigenvalue weighted by molar-refractivity contribution is 9.10. The molecule has 0 amide bonds. The van der Waals surface area contributed by atoms with E-state index in [1.165, 1.54) is 10.6 Å². The van der Waals surface area contributed by atoms with E-state index in [-0.39, 0.29) is 18.1 Å². The molecule has 0 radical (unpaired) electrons. The average Bonchev–Trinajstić information content (AvgIpc) is 2.23. The number of pyridine rings is 1. The lowest BCUT2D eigenvalue weighted by Gasteiger charge is -2.08. The Kier molecular flexibility index (Phi) is 5.41. The van der Waals surface area contributed by atoms with Gasteiger partial charge < -0.3 is 9.30 Å². The van der Waals surface area contributed by atoms with Crippen molar-refractivity contribution in [2.24, 2.45) is 5.92 Å². The zero-order valence-electron chi connectivity index (χ0n) is 9.98. The van der Waals surface area contributed by atoms with Gasteiger partial charge in [-0.2, -0.15) is 0 Å². The van der Waals surface area contributed by atoms with E-state index in [2.05, 4.69) is 29.8 Å². The van der Waals surface area contributed by atoms with Crippen molar-refractivity contribution < 1.29 is 9.53 Å². The molecule has 0 aliphatic heterocycles. The SMILES string of the molecule is CC(C)CCOC(=O)Cn1cc(Br)ccc1=O. The molecular formula is C12H16BrNO3. The standard InChI is InChI=1S/C12H16BrNO3/c1-9(2)5-6-17-12(16)8-14-7-10(13)3-4-11(14)15/h3-4,7,9H,5-6,8H2,1-2H3. The van der Waals surface area contributed by atoms with Crippen molar-refractivity contribution in [1.82, 2.24) is 4.57 Å². The molecule has 0 saturated heterocycles. The molecule has 0 atom stereocenters. The Balaban J connectivity index is 2.50. The molecule has 0 saturated carbocycles. The summed E-state index contributed by atoms with van der Waals surface area (Å²) >= 11 is 3.25. The molecule has 1 aromatic rings. The maximum absolute atomic E-state index is 11.5. The third kappa shape index (κ3) is 5.17. The molecule has 0 aromatic carbocycles. The van der Waals surface area contributed by atoms with E-state index in [0.29, 0.717) is 12.5 Å². The molecule has 94 valence electrons. The van der Waals surface area contributed by atoms with Crippen molar-refractivity contribution in [3.63, 3.8) is 0 Å². The second kappa shape index (κ2) is 6.59. The van der Waals surface area contributed by atoms with Crippen LogP contribution in [0.5, 0.6) is 0 Å². The van der Waals surface area contributed by atoms with E-state index in [4.69, 9.17) is 4.74 Å². The monoisotopic (exact) mass is 301 g/mol. The Morgan fingerprint density at radius 1 is 1.47 bits per heavy atom. The Bertz CT molecular complexity index is 440. The van der Waals surface area contributed by atoms with Gasteiger partial charge in [-0.05, 0) is 34.3 Å². The first-order valence-corrected chi connectivity index (χ1v) is 6.30. The summed E-state index contributed by atoms with van der Waals surface area (Å²) < 4.78 is 7.12. The minimum Gasteiger partial charge on any atom is -0.464 e. The topological polar surface area (TPSA) is 48.3 Å². The predicted molar refractivity (Wildman–Crippen MR) is 68.8 cm³/mol. The van der Waals surface area contributed by atoms with Gasteiger partial charge in [-0.1, -0.05) is 13.8 Å². The molecule has 1 heterocycles. The number of carbonyl (C=O) groups excluding carboxylic acids is 1. The highest BCUT2D eigenvalue weighted by Crippen LogP contribution is 2.05. The molecule has 0 spiro atoms. The maximum atomic E-state index is 11.5. The number of halogens is 1. The van der Waals surface area contributed by atoms with E-state index < -0.39 is 0 Å². The molecule has 0 bridgehead atoms. The summed E-state index contributed by atoms with van der Waals surface area (Å²) in [6.45, 7) is 4.48. The molecule has 5 heteroatoms. The smallest absolute Gasteiger partial charge is 0.326 e. The minimum absolute atomic E-state index is 0.0453. The summed E-state index contributed by atoms with van der Waals surface area (Å²) in [4.78, 5) is 22.9. The van der Waals surface area contributed by atoms with Gasteiger partial charge >= 0.3 is 5.97 Å². The molecule has 0 fully saturated rings. The number of ether oxygens (including phenoxy) is 1. The van der Waals surface area contributed by atoms with Crippen LogP contribution in [0.1, 0.15) is 20.3 Å². The average molecular weight is 302 g/mol. The van der Waals surface area contributed by atoms with Crippen molar-refractivity contribution in [3.8, 4) is 0 Å². The minimum atomic E-state index is -0.383. The fourth-order valence-electron chi connectivity index (χ4n) is 1.22. The van der Waals surface area contributed by atoms with Crippen LogP contribution in [0.15, 0.2) is 27.6 Å². The molecule has 0 unspecified atom stereocenters. The lowest BCUT2D eigenvalue weighted by atomic mass is 10.1. The molecule has 4 nitrogen and oxygen atoms in total. The summed E-state index contributed by atoms with van der Waals surface area (Å²) in [6, 6.07) is 3.05. The molecule has 0 N–H and O–H groups in total. The van der Waals surface area contributed by atoms with E-state index >= 15 is 0 Å². The number of rotatable bonds is 5. The zero-order chi connectivity index (χ0) is 12.8. The summed E-state index contributed by atoms with van der Waals surface area (Å²) in [7, 11) is 0. The summed E-state index contributed by atoms with van der Waals surface area (Å²) in [5.41, 5.74) is -0.214. The largest absolute Gasteiger partial charge is 0.464 e. The molecule has 17 heavy (non-hydrogen) atoms. The van der Waals surface area contributed by atoms with Crippen molar-refractivity contribution >= 4 is 21.9 Å². The van der Waals surface area contributed by atoms with Crippen LogP contribution in [-0.2, 0) is 16.1 Å². The van der Waals surface area contributed by atoms with Crippen LogP contribution < -0.4 is 5.56 Å². The van der Waals surface area contributed by atoms with Gasteiger partial charge in [0.05, 0.1) is 6.61 Å². The van der Waals surface area contributed by atoms with Crippen LogP contribution in [0, 0.1) is 5.92 Å². The van der Waals surface area contributed by atoms with Gasteiger partial charge in [0, 0.05) is 16.7 Å². The zero-order valence-corrected chi connectivity index (χ0v) is 11.6. The van der Waals surface area contributed by atoms with Crippen LogP contribution in [0.25, 0.3) is 0 Å². The Hall–Kier alpha value is -1.10. The van der Waals surface area contributed by atoms with E-state index in [0.717, 1.165) is 10.9 Å². The highest BCUT2D eigenvalue weighted by Gasteiger charge is 2.06. The quantitative estimate of drug-likeness (QED) is 0.783. The van der Waals surface area contributed by atoms with Crippen molar-refractivity contribution in [3.05, 3.63) is 33.2 Å². The van der Waals surface area contributed by atoms with Gasteiger partial charge in [0.25, 0.3) is 5.56 Å². The van der Waals surface area contributed by atoms with Gasteiger partial charge in [-0.3, -0.25) is 9.59 Å². The third-order valence-corrected chi connectivity index (χ3v) is 2.67. The van der Waals surface area contributed by atoms with Crippen LogP contribution in [0.4, 0.5) is 0 Å². The Labute approximate surface area is 109 Å². The van der Waals surface area contributed by atoms with Gasteiger partial charge in [-0.25, -0.2) is 0 Å². The van der Waals surface area contributed by atoms with E-state index in [1.807, 2.05) is 0 Å². The van der Waals surface area contributed by atoms with Crippen LogP contribution >= 0.6 is 15.9 Å². The predicted octanol–water partition coefficient (Wildman–Crippen LogP) is 2.20. The second-order valence-corrected chi connectivity index (χ2v) is 5.13. The molecule has 1 rings (SSSR count). The summed E-state index contributed by atoms with van der Waals surface area (Å²) in [5.74, 6) is 0.113. The normalized spacial score (nSPS) is 10.6. The van der Waals surface area contributed by atoms with E-state index in [9.17, 15) is 9.59 Å². The Morgan fingerprint density at radius 3 is 2.82 bits per heavy atom. The molecule has 1 aromatic heterocycles. The first-order valence-electron chi connectivity index (χ1n) is 5.50. The van der Waals surface area contributed by atoms with Crippen molar-refractivity contribution in [2.45, 2.75) is 26.8 Å². The summed E-state index contributed by atoms with van der Waals surface area (Å²) in [5, 5.41) is 0. The number of esters is 1. The third-order valence-electron chi connectivity index (χ3n) is 2.21. The number of hydrogen-bond acceptors (Lipinski definition) is 3. The van der Waals surface area contributed by atoms with Crippen LogP contribution in [0.3, 0.4) is 0 Å². The molecule has 0 aliphatic rings. The first kappa shape index (κ1) is 14.0.